The summed E-state index contributed by atoms with van der Waals surface area (Å²) in [5, 5.41) is 10.8. The Labute approximate surface area is 109 Å². The molecule has 7 heteroatoms. The summed E-state index contributed by atoms with van der Waals surface area (Å²) in [5.41, 5.74) is 0. The molecule has 18 heavy (non-hydrogen) atoms. The number of rotatable bonds is 2. The summed E-state index contributed by atoms with van der Waals surface area (Å²) in [7, 11) is 0. The van der Waals surface area contributed by atoms with E-state index in [0.717, 1.165) is 32.6 Å². The second-order valence-corrected chi connectivity index (χ2v) is 4.55. The second kappa shape index (κ2) is 4.99. The first kappa shape index (κ1) is 11.6. The van der Waals surface area contributed by atoms with Gasteiger partial charge in [0.2, 0.25) is 5.95 Å². The van der Waals surface area contributed by atoms with Crippen LogP contribution >= 0.6 is 11.6 Å². The molecule has 0 saturated carbocycles. The van der Waals surface area contributed by atoms with E-state index >= 15 is 0 Å². The maximum absolute atomic E-state index is 5.74. The standard InChI is InChI=1S/C11H14ClN5O/c12-9-3-2-8(18-9)10-14-11(16-15-10)17-6-1-4-13-5-7-17/h2-3,13H,1,4-7H2,(H,14,15,16). The monoisotopic (exact) mass is 267 g/mol. The Balaban J connectivity index is 1.80. The van der Waals surface area contributed by atoms with Gasteiger partial charge in [0.25, 0.3) is 0 Å². The fourth-order valence-electron chi connectivity index (χ4n) is 1.99. The van der Waals surface area contributed by atoms with Crippen molar-refractivity contribution in [3.8, 4) is 11.6 Å². The largest absolute Gasteiger partial charge is 0.441 e. The van der Waals surface area contributed by atoms with Gasteiger partial charge in [-0.15, -0.1) is 5.10 Å². The predicted octanol–water partition coefficient (Wildman–Crippen LogP) is 1.52. The molecule has 0 atom stereocenters. The van der Waals surface area contributed by atoms with E-state index < -0.39 is 0 Å². The zero-order chi connectivity index (χ0) is 12.4. The average Bonchev–Trinajstić information content (AvgIpc) is 2.92. The minimum Gasteiger partial charge on any atom is -0.441 e. The molecule has 3 heterocycles. The highest BCUT2D eigenvalue weighted by atomic mass is 35.5. The summed E-state index contributed by atoms with van der Waals surface area (Å²) < 4.78 is 5.30. The van der Waals surface area contributed by atoms with Crippen molar-refractivity contribution in [1.29, 1.82) is 0 Å². The molecule has 1 aliphatic rings. The van der Waals surface area contributed by atoms with Crippen LogP contribution < -0.4 is 10.2 Å². The van der Waals surface area contributed by atoms with Gasteiger partial charge in [0.1, 0.15) is 0 Å². The molecule has 3 rings (SSSR count). The molecule has 2 N–H and O–H groups in total. The molecule has 0 amide bonds. The van der Waals surface area contributed by atoms with Gasteiger partial charge < -0.3 is 14.6 Å². The highest BCUT2D eigenvalue weighted by Crippen LogP contribution is 2.23. The molecule has 0 radical (unpaired) electrons. The van der Waals surface area contributed by atoms with E-state index in [1.807, 2.05) is 0 Å². The van der Waals surface area contributed by atoms with Crippen LogP contribution in [-0.4, -0.2) is 41.4 Å². The van der Waals surface area contributed by atoms with Crippen molar-refractivity contribution in [2.24, 2.45) is 0 Å². The number of nitrogens with zero attached hydrogens (tertiary/aromatic N) is 3. The number of nitrogens with one attached hydrogen (secondary N) is 2. The van der Waals surface area contributed by atoms with Gasteiger partial charge in [-0.3, -0.25) is 5.10 Å². The van der Waals surface area contributed by atoms with Crippen molar-refractivity contribution in [3.63, 3.8) is 0 Å². The minimum absolute atomic E-state index is 0.349. The van der Waals surface area contributed by atoms with Crippen molar-refractivity contribution in [2.45, 2.75) is 6.42 Å². The summed E-state index contributed by atoms with van der Waals surface area (Å²) in [4.78, 5) is 6.60. The number of hydrogen-bond acceptors (Lipinski definition) is 5. The molecular formula is C11H14ClN5O. The van der Waals surface area contributed by atoms with Crippen LogP contribution in [0.25, 0.3) is 11.6 Å². The Bertz CT molecular complexity index is 515. The fourth-order valence-corrected chi connectivity index (χ4v) is 2.14. The van der Waals surface area contributed by atoms with Crippen molar-refractivity contribution >= 4 is 17.5 Å². The number of H-pyrrole nitrogens is 1. The van der Waals surface area contributed by atoms with Crippen molar-refractivity contribution in [3.05, 3.63) is 17.4 Å². The number of hydrogen-bond donors (Lipinski definition) is 2. The Morgan fingerprint density at radius 1 is 1.28 bits per heavy atom. The number of halogens is 1. The lowest BCUT2D eigenvalue weighted by Crippen LogP contribution is -2.28. The SMILES string of the molecule is Clc1ccc(-c2nc(N3CCCNCC3)n[nH]2)o1. The maximum Gasteiger partial charge on any atom is 0.245 e. The van der Waals surface area contributed by atoms with Gasteiger partial charge >= 0.3 is 0 Å². The van der Waals surface area contributed by atoms with E-state index in [2.05, 4.69) is 25.4 Å². The average molecular weight is 268 g/mol. The molecule has 1 fully saturated rings. The summed E-state index contributed by atoms with van der Waals surface area (Å²) >= 11 is 5.74. The van der Waals surface area contributed by atoms with Gasteiger partial charge in [0.15, 0.2) is 16.8 Å². The lowest BCUT2D eigenvalue weighted by Gasteiger charge is -2.16. The van der Waals surface area contributed by atoms with E-state index in [0.29, 0.717) is 22.8 Å². The second-order valence-electron chi connectivity index (χ2n) is 4.18. The summed E-state index contributed by atoms with van der Waals surface area (Å²) in [6, 6.07) is 3.46. The number of furan rings is 1. The Morgan fingerprint density at radius 2 is 2.22 bits per heavy atom. The van der Waals surface area contributed by atoms with E-state index in [1.165, 1.54) is 0 Å². The fraction of sp³-hybridized carbons (Fsp3) is 0.455. The highest BCUT2D eigenvalue weighted by molar-refractivity contribution is 6.28. The zero-order valence-electron chi connectivity index (χ0n) is 9.82. The van der Waals surface area contributed by atoms with Crippen LogP contribution in [-0.2, 0) is 0 Å². The Kier molecular flexibility index (Phi) is 3.21. The molecular weight excluding hydrogens is 254 g/mol. The van der Waals surface area contributed by atoms with Crippen LogP contribution in [0.15, 0.2) is 16.5 Å². The third kappa shape index (κ3) is 2.34. The van der Waals surface area contributed by atoms with Crippen LogP contribution in [0.4, 0.5) is 5.95 Å². The first-order valence-electron chi connectivity index (χ1n) is 5.97. The number of anilines is 1. The van der Waals surface area contributed by atoms with E-state index in [9.17, 15) is 0 Å². The molecule has 2 aromatic heterocycles. The molecule has 1 aliphatic heterocycles. The molecule has 2 aromatic rings. The van der Waals surface area contributed by atoms with Crippen LogP contribution in [0.5, 0.6) is 0 Å². The Hall–Kier alpha value is -1.53. The normalized spacial score (nSPS) is 16.8. The quantitative estimate of drug-likeness (QED) is 0.863. The lowest BCUT2D eigenvalue weighted by atomic mass is 10.4. The van der Waals surface area contributed by atoms with Gasteiger partial charge in [0, 0.05) is 19.6 Å². The number of aromatic amines is 1. The predicted molar refractivity (Wildman–Crippen MR) is 68.8 cm³/mol. The first-order valence-corrected chi connectivity index (χ1v) is 6.34. The lowest BCUT2D eigenvalue weighted by molar-refractivity contribution is 0.579. The number of aromatic nitrogens is 3. The topological polar surface area (TPSA) is 70.0 Å². The van der Waals surface area contributed by atoms with Crippen molar-refractivity contribution < 1.29 is 4.42 Å². The van der Waals surface area contributed by atoms with Gasteiger partial charge in [-0.1, -0.05) is 0 Å². The third-order valence-electron chi connectivity index (χ3n) is 2.90. The smallest absolute Gasteiger partial charge is 0.245 e. The molecule has 0 aliphatic carbocycles. The van der Waals surface area contributed by atoms with Gasteiger partial charge in [-0.05, 0) is 36.7 Å². The van der Waals surface area contributed by atoms with E-state index in [4.69, 9.17) is 16.0 Å². The Morgan fingerprint density at radius 3 is 3.06 bits per heavy atom. The summed E-state index contributed by atoms with van der Waals surface area (Å²) in [6.07, 6.45) is 1.09. The maximum atomic E-state index is 5.74. The molecule has 1 saturated heterocycles. The van der Waals surface area contributed by atoms with Crippen molar-refractivity contribution in [1.82, 2.24) is 20.5 Å². The molecule has 6 nitrogen and oxygen atoms in total. The first-order chi connectivity index (χ1) is 8.83. The van der Waals surface area contributed by atoms with Crippen molar-refractivity contribution in [2.75, 3.05) is 31.1 Å². The summed E-state index contributed by atoms with van der Waals surface area (Å²) in [5.74, 6) is 1.92. The van der Waals surface area contributed by atoms with E-state index in [1.54, 1.807) is 12.1 Å². The molecule has 96 valence electrons. The van der Waals surface area contributed by atoms with Gasteiger partial charge in [-0.25, -0.2) is 0 Å². The molecule has 0 unspecified atom stereocenters. The molecule has 0 spiro atoms. The molecule has 0 bridgehead atoms. The van der Waals surface area contributed by atoms with Crippen LogP contribution in [0.1, 0.15) is 6.42 Å². The van der Waals surface area contributed by atoms with E-state index in [-0.39, 0.29) is 0 Å². The van der Waals surface area contributed by atoms with Crippen LogP contribution in [0.2, 0.25) is 5.22 Å². The highest BCUT2D eigenvalue weighted by Gasteiger charge is 2.16. The van der Waals surface area contributed by atoms with Crippen LogP contribution in [0.3, 0.4) is 0 Å². The van der Waals surface area contributed by atoms with Gasteiger partial charge in [0.05, 0.1) is 0 Å². The minimum atomic E-state index is 0.349. The molecule has 0 aromatic carbocycles. The summed E-state index contributed by atoms with van der Waals surface area (Å²) in [6.45, 7) is 3.87. The van der Waals surface area contributed by atoms with Crippen LogP contribution in [0, 0.1) is 0 Å². The zero-order valence-corrected chi connectivity index (χ0v) is 10.6. The van der Waals surface area contributed by atoms with Gasteiger partial charge in [-0.2, -0.15) is 4.98 Å². The third-order valence-corrected chi connectivity index (χ3v) is 3.11.